The van der Waals surface area contributed by atoms with Crippen LogP contribution in [0.3, 0.4) is 0 Å². The summed E-state index contributed by atoms with van der Waals surface area (Å²) in [6.07, 6.45) is 15.9. The third kappa shape index (κ3) is 8.73. The quantitative estimate of drug-likeness (QED) is 0.213. The lowest BCUT2D eigenvalue weighted by atomic mass is 10.0. The highest BCUT2D eigenvalue weighted by molar-refractivity contribution is 9.09. The van der Waals surface area contributed by atoms with Crippen LogP contribution in [0.15, 0.2) is 24.3 Å². The van der Waals surface area contributed by atoms with Crippen molar-refractivity contribution in [3.05, 3.63) is 35.4 Å². The lowest BCUT2D eigenvalue weighted by Gasteiger charge is -2.05. The van der Waals surface area contributed by atoms with E-state index in [1.165, 1.54) is 69.8 Å². The van der Waals surface area contributed by atoms with Gasteiger partial charge in [0.25, 0.3) is 0 Å². The minimum atomic E-state index is -0.168. The molecule has 1 atom stereocenters. The number of rotatable bonds is 13. The molecule has 0 saturated heterocycles. The molecule has 1 unspecified atom stereocenters. The van der Waals surface area contributed by atoms with Gasteiger partial charge >= 0.3 is 0 Å². The van der Waals surface area contributed by atoms with Crippen LogP contribution in [0.4, 0.5) is 0 Å². The topological polar surface area (TPSA) is 17.1 Å². The van der Waals surface area contributed by atoms with Crippen LogP contribution in [0.2, 0.25) is 0 Å². The first-order chi connectivity index (χ1) is 10.8. The molecule has 1 nitrogen and oxygen atoms in total. The third-order valence-electron chi connectivity index (χ3n) is 4.24. The van der Waals surface area contributed by atoms with Crippen molar-refractivity contribution in [2.45, 2.75) is 82.4 Å². The van der Waals surface area contributed by atoms with E-state index in [1.54, 1.807) is 0 Å². The molecule has 0 fully saturated rings. The summed E-state index contributed by atoms with van der Waals surface area (Å²) in [7, 11) is 0. The molecule has 0 amide bonds. The minimum absolute atomic E-state index is 0.168. The highest BCUT2D eigenvalue weighted by atomic mass is 79.9. The van der Waals surface area contributed by atoms with E-state index in [4.69, 9.17) is 0 Å². The minimum Gasteiger partial charge on any atom is -0.302 e. The Bertz CT molecular complexity index is 385. The molecular weight excluding hydrogens is 336 g/mol. The summed E-state index contributed by atoms with van der Waals surface area (Å²) in [5.41, 5.74) is 2.43. The average molecular weight is 367 g/mol. The molecule has 124 valence electrons. The van der Waals surface area contributed by atoms with Gasteiger partial charge in [-0.3, -0.25) is 0 Å². The summed E-state index contributed by atoms with van der Waals surface area (Å²) in [5, 5.41) is 0. The Kier molecular flexibility index (Phi) is 11.4. The van der Waals surface area contributed by atoms with Crippen molar-refractivity contribution >= 4 is 22.2 Å². The molecule has 0 aliphatic heterocycles. The molecule has 0 spiro atoms. The van der Waals surface area contributed by atoms with Crippen molar-refractivity contribution in [2.24, 2.45) is 0 Å². The molecule has 0 N–H and O–H groups in total. The summed E-state index contributed by atoms with van der Waals surface area (Å²) in [4.78, 5) is 10.5. The molecule has 22 heavy (non-hydrogen) atoms. The summed E-state index contributed by atoms with van der Waals surface area (Å²) in [6.45, 7) is 2.27. The van der Waals surface area contributed by atoms with Crippen LogP contribution in [0.25, 0.3) is 0 Å². The van der Waals surface area contributed by atoms with Gasteiger partial charge in [-0.1, -0.05) is 105 Å². The zero-order chi connectivity index (χ0) is 16.0. The van der Waals surface area contributed by atoms with Crippen molar-refractivity contribution in [3.8, 4) is 0 Å². The highest BCUT2D eigenvalue weighted by Crippen LogP contribution is 2.21. The monoisotopic (exact) mass is 366 g/mol. The fourth-order valence-electron chi connectivity index (χ4n) is 2.76. The molecule has 0 aliphatic carbocycles. The number of aldehydes is 1. The second kappa shape index (κ2) is 12.9. The lowest BCUT2D eigenvalue weighted by Crippen LogP contribution is -1.92. The van der Waals surface area contributed by atoms with Gasteiger partial charge in [0.15, 0.2) is 0 Å². The van der Waals surface area contributed by atoms with E-state index in [9.17, 15) is 4.79 Å². The summed E-state index contributed by atoms with van der Waals surface area (Å²) >= 11 is 3.35. The van der Waals surface area contributed by atoms with E-state index in [1.807, 2.05) is 0 Å². The van der Waals surface area contributed by atoms with Crippen LogP contribution in [-0.2, 0) is 11.2 Å². The Hall–Kier alpha value is -0.630. The summed E-state index contributed by atoms with van der Waals surface area (Å²) in [6, 6.07) is 8.42. The number of hydrogen-bond acceptors (Lipinski definition) is 1. The first-order valence-electron chi connectivity index (χ1n) is 8.96. The zero-order valence-corrected chi connectivity index (χ0v) is 15.6. The van der Waals surface area contributed by atoms with Gasteiger partial charge < -0.3 is 4.79 Å². The fraction of sp³-hybridized carbons (Fsp3) is 0.650. The Morgan fingerprint density at radius 1 is 0.864 bits per heavy atom. The standard InChI is InChI=1S/C20H31BrO/c1-2-3-4-5-6-7-8-9-10-11-12-18-13-15-19(16-14-18)20(21)17-22/h13-17,20H,2-12H2,1H3. The number of carbonyl (C=O) groups excluding carboxylic acids is 1. The number of benzene rings is 1. The number of carbonyl (C=O) groups is 1. The van der Waals surface area contributed by atoms with Crippen LogP contribution < -0.4 is 0 Å². The Labute approximate surface area is 145 Å². The summed E-state index contributed by atoms with van der Waals surface area (Å²) in [5.74, 6) is 0. The predicted octanol–water partition coefficient (Wildman–Crippen LogP) is 6.78. The van der Waals surface area contributed by atoms with Gasteiger partial charge in [0.2, 0.25) is 0 Å². The number of unbranched alkanes of at least 4 members (excludes halogenated alkanes) is 9. The maximum Gasteiger partial charge on any atom is 0.138 e. The number of aryl methyl sites for hydroxylation is 1. The molecule has 0 radical (unpaired) electrons. The third-order valence-corrected chi connectivity index (χ3v) is 4.98. The van der Waals surface area contributed by atoms with E-state index >= 15 is 0 Å². The maximum atomic E-state index is 10.7. The van der Waals surface area contributed by atoms with Gasteiger partial charge in [0.1, 0.15) is 6.29 Å². The van der Waals surface area contributed by atoms with Crippen molar-refractivity contribution < 1.29 is 4.79 Å². The second-order valence-corrected chi connectivity index (χ2v) is 7.20. The first kappa shape index (κ1) is 19.4. The molecule has 1 aromatic carbocycles. The van der Waals surface area contributed by atoms with Gasteiger partial charge in [-0.05, 0) is 24.0 Å². The van der Waals surface area contributed by atoms with Gasteiger partial charge in [0, 0.05) is 0 Å². The highest BCUT2D eigenvalue weighted by Gasteiger charge is 2.04. The Balaban J connectivity index is 2.01. The van der Waals surface area contributed by atoms with Gasteiger partial charge in [0.05, 0.1) is 4.83 Å². The normalized spacial score (nSPS) is 12.3. The van der Waals surface area contributed by atoms with Gasteiger partial charge in [-0.2, -0.15) is 0 Å². The number of hydrogen-bond donors (Lipinski definition) is 0. The molecule has 0 saturated carbocycles. The van der Waals surface area contributed by atoms with E-state index in [0.29, 0.717) is 0 Å². The van der Waals surface area contributed by atoms with Crippen LogP contribution >= 0.6 is 15.9 Å². The Morgan fingerprint density at radius 2 is 1.36 bits per heavy atom. The molecule has 1 rings (SSSR count). The smallest absolute Gasteiger partial charge is 0.138 e. The fourth-order valence-corrected chi connectivity index (χ4v) is 3.07. The molecular formula is C20H31BrO. The van der Waals surface area contributed by atoms with E-state index in [2.05, 4.69) is 47.1 Å². The first-order valence-corrected chi connectivity index (χ1v) is 9.87. The number of alkyl halides is 1. The maximum absolute atomic E-state index is 10.7. The van der Waals surface area contributed by atoms with E-state index in [-0.39, 0.29) is 4.83 Å². The molecule has 0 aliphatic rings. The average Bonchev–Trinajstić information content (AvgIpc) is 2.56. The molecule has 0 heterocycles. The second-order valence-electron chi connectivity index (χ2n) is 6.21. The van der Waals surface area contributed by atoms with Crippen LogP contribution in [0, 0.1) is 0 Å². The van der Waals surface area contributed by atoms with Crippen molar-refractivity contribution in [1.29, 1.82) is 0 Å². The predicted molar refractivity (Wildman–Crippen MR) is 99.7 cm³/mol. The molecule has 2 heteroatoms. The van der Waals surface area contributed by atoms with Crippen molar-refractivity contribution in [1.82, 2.24) is 0 Å². The molecule has 0 bridgehead atoms. The van der Waals surface area contributed by atoms with E-state index in [0.717, 1.165) is 18.3 Å². The molecule has 1 aromatic rings. The molecule has 0 aromatic heterocycles. The summed E-state index contributed by atoms with van der Waals surface area (Å²) < 4.78 is 0. The van der Waals surface area contributed by atoms with Crippen molar-refractivity contribution in [2.75, 3.05) is 0 Å². The van der Waals surface area contributed by atoms with Gasteiger partial charge in [-0.25, -0.2) is 0 Å². The lowest BCUT2D eigenvalue weighted by molar-refractivity contribution is -0.107. The van der Waals surface area contributed by atoms with Gasteiger partial charge in [-0.15, -0.1) is 0 Å². The van der Waals surface area contributed by atoms with E-state index < -0.39 is 0 Å². The van der Waals surface area contributed by atoms with Crippen LogP contribution in [-0.4, -0.2) is 6.29 Å². The Morgan fingerprint density at radius 3 is 1.86 bits per heavy atom. The van der Waals surface area contributed by atoms with Crippen LogP contribution in [0.5, 0.6) is 0 Å². The SMILES string of the molecule is CCCCCCCCCCCCc1ccc(C(Br)C=O)cc1. The van der Waals surface area contributed by atoms with Crippen molar-refractivity contribution in [3.63, 3.8) is 0 Å². The zero-order valence-electron chi connectivity index (χ0n) is 14.0. The largest absolute Gasteiger partial charge is 0.302 e. The number of halogens is 1. The van der Waals surface area contributed by atoms with Crippen LogP contribution in [0.1, 0.15) is 87.1 Å².